The van der Waals surface area contributed by atoms with Crippen LogP contribution in [-0.2, 0) is 5.41 Å². The van der Waals surface area contributed by atoms with E-state index in [-0.39, 0.29) is 5.41 Å². The Kier molecular flexibility index (Phi) is 5.48. The van der Waals surface area contributed by atoms with Gasteiger partial charge in [0.15, 0.2) is 0 Å². The second-order valence-corrected chi connectivity index (χ2v) is 14.4. The number of aromatic nitrogens is 2. The smallest absolute Gasteiger partial charge is 0.146 e. The Labute approximate surface area is 289 Å². The summed E-state index contributed by atoms with van der Waals surface area (Å²) < 4.78 is 2.36. The second-order valence-electron chi connectivity index (χ2n) is 14.4. The first-order valence-electron chi connectivity index (χ1n) is 17.5. The van der Waals surface area contributed by atoms with Crippen LogP contribution in [0, 0.1) is 0 Å². The molecule has 2 heterocycles. The third-order valence-corrected chi connectivity index (χ3v) is 11.3. The van der Waals surface area contributed by atoms with Crippen LogP contribution in [0.4, 0.5) is 0 Å². The van der Waals surface area contributed by atoms with Gasteiger partial charge < -0.3 is 0 Å². The van der Waals surface area contributed by atoms with Gasteiger partial charge in [-0.3, -0.25) is 4.40 Å². The molecule has 0 saturated carbocycles. The maximum Gasteiger partial charge on any atom is 0.146 e. The molecule has 8 aromatic carbocycles. The lowest BCUT2D eigenvalue weighted by Gasteiger charge is -2.22. The number of benzene rings is 8. The van der Waals surface area contributed by atoms with Gasteiger partial charge in [-0.1, -0.05) is 123 Å². The summed E-state index contributed by atoms with van der Waals surface area (Å²) >= 11 is 0. The quantitative estimate of drug-likeness (QED) is 0.136. The normalized spacial score (nSPS) is 13.6. The molecule has 0 saturated heterocycles. The van der Waals surface area contributed by atoms with E-state index < -0.39 is 0 Å². The van der Waals surface area contributed by atoms with E-state index in [1.165, 1.54) is 87.7 Å². The van der Waals surface area contributed by atoms with Gasteiger partial charge >= 0.3 is 0 Å². The maximum atomic E-state index is 5.18. The molecule has 2 heteroatoms. The fraction of sp³-hybridized carbons (Fsp3) is 0.0625. The van der Waals surface area contributed by atoms with E-state index >= 15 is 0 Å². The summed E-state index contributed by atoms with van der Waals surface area (Å²) in [5, 5.41) is 8.61. The van der Waals surface area contributed by atoms with Gasteiger partial charge in [-0.2, -0.15) is 0 Å². The van der Waals surface area contributed by atoms with Crippen molar-refractivity contribution in [3.8, 4) is 33.4 Å². The van der Waals surface area contributed by atoms with Crippen LogP contribution < -0.4 is 0 Å². The molecule has 50 heavy (non-hydrogen) atoms. The van der Waals surface area contributed by atoms with Crippen LogP contribution in [0.3, 0.4) is 0 Å². The first kappa shape index (κ1) is 27.7. The Hall–Kier alpha value is -6.25. The van der Waals surface area contributed by atoms with E-state index in [0.717, 1.165) is 16.7 Å². The van der Waals surface area contributed by atoms with Crippen molar-refractivity contribution in [1.29, 1.82) is 0 Å². The Balaban J connectivity index is 1.05. The van der Waals surface area contributed by atoms with Gasteiger partial charge in [0, 0.05) is 16.2 Å². The number of rotatable bonds is 2. The average molecular weight is 637 g/mol. The minimum atomic E-state index is -0.0117. The van der Waals surface area contributed by atoms with Gasteiger partial charge in [-0.15, -0.1) is 0 Å². The molecule has 2 aromatic heterocycles. The van der Waals surface area contributed by atoms with Crippen molar-refractivity contribution in [2.24, 2.45) is 0 Å². The van der Waals surface area contributed by atoms with Gasteiger partial charge in [-0.05, 0) is 120 Å². The van der Waals surface area contributed by atoms with Crippen LogP contribution in [0.15, 0.2) is 158 Å². The molecule has 11 rings (SSSR count). The molecule has 0 N–H and O–H groups in total. The topological polar surface area (TPSA) is 17.3 Å². The van der Waals surface area contributed by atoms with Crippen molar-refractivity contribution < 1.29 is 0 Å². The van der Waals surface area contributed by atoms with Gasteiger partial charge in [0.2, 0.25) is 0 Å². The molecule has 0 bridgehead atoms. The molecular formula is C48H32N2. The van der Waals surface area contributed by atoms with Crippen molar-refractivity contribution >= 4 is 59.9 Å². The summed E-state index contributed by atoms with van der Waals surface area (Å²) in [7, 11) is 0. The summed E-state index contributed by atoms with van der Waals surface area (Å²) in [6, 6.07) is 58.3. The number of nitrogens with zero attached hydrogens (tertiary/aromatic N) is 2. The van der Waals surface area contributed by atoms with Crippen LogP contribution >= 0.6 is 0 Å². The number of fused-ring (bicyclic) bond motifs is 13. The zero-order chi connectivity index (χ0) is 33.1. The fourth-order valence-electron chi connectivity index (χ4n) is 8.71. The van der Waals surface area contributed by atoms with Crippen LogP contribution in [0.25, 0.3) is 93.3 Å². The van der Waals surface area contributed by atoms with E-state index in [1.807, 2.05) is 0 Å². The lowest BCUT2D eigenvalue weighted by Crippen LogP contribution is -2.14. The molecule has 2 nitrogen and oxygen atoms in total. The molecule has 0 amide bonds. The highest BCUT2D eigenvalue weighted by Crippen LogP contribution is 2.49. The van der Waals surface area contributed by atoms with E-state index in [0.29, 0.717) is 0 Å². The van der Waals surface area contributed by atoms with Crippen LogP contribution in [0.2, 0.25) is 0 Å². The zero-order valence-electron chi connectivity index (χ0n) is 27.9. The average Bonchev–Trinajstić information content (AvgIpc) is 3.66. The van der Waals surface area contributed by atoms with Crippen LogP contribution in [-0.4, -0.2) is 9.38 Å². The Morgan fingerprint density at radius 1 is 0.420 bits per heavy atom. The number of imidazole rings is 1. The second kappa shape index (κ2) is 9.90. The molecule has 0 atom stereocenters. The molecule has 234 valence electrons. The van der Waals surface area contributed by atoms with Crippen molar-refractivity contribution in [2.75, 3.05) is 0 Å². The predicted molar refractivity (Wildman–Crippen MR) is 211 cm³/mol. The standard InChI is InChI=1S/C48H32N2/c1-48(2)42-12-6-5-11-37(42)38-21-19-35(27-43(38)48)33-17-15-32-24-34(18-16-31(32)23-33)36-20-22-39-40-25-29-9-3-4-10-30(29)26-41(40)47-49-44-13-7-8-14-45(44)50(47)46(39)28-36/h3-28H,1-2H3. The summed E-state index contributed by atoms with van der Waals surface area (Å²) in [6.45, 7) is 4.70. The zero-order valence-corrected chi connectivity index (χ0v) is 27.9. The van der Waals surface area contributed by atoms with Gasteiger partial charge in [0.1, 0.15) is 5.65 Å². The Morgan fingerprint density at radius 2 is 1.00 bits per heavy atom. The summed E-state index contributed by atoms with van der Waals surface area (Å²) in [6.07, 6.45) is 0. The van der Waals surface area contributed by atoms with E-state index in [2.05, 4.69) is 176 Å². The van der Waals surface area contributed by atoms with E-state index in [4.69, 9.17) is 4.98 Å². The van der Waals surface area contributed by atoms with E-state index in [1.54, 1.807) is 0 Å². The lowest BCUT2D eigenvalue weighted by atomic mass is 9.81. The van der Waals surface area contributed by atoms with Crippen molar-refractivity contribution in [2.45, 2.75) is 19.3 Å². The van der Waals surface area contributed by atoms with Gasteiger partial charge in [-0.25, -0.2) is 4.98 Å². The summed E-state index contributed by atoms with van der Waals surface area (Å²) in [5.41, 5.74) is 14.8. The fourth-order valence-corrected chi connectivity index (χ4v) is 8.71. The molecule has 0 radical (unpaired) electrons. The van der Waals surface area contributed by atoms with Crippen LogP contribution in [0.5, 0.6) is 0 Å². The maximum absolute atomic E-state index is 5.18. The SMILES string of the molecule is CC1(C)c2ccccc2-c2ccc(-c3ccc4cc(-c5ccc6c7cc8ccccc8cc7c7nc8ccccc8n7c6c5)ccc4c3)cc21. The molecule has 0 spiro atoms. The Morgan fingerprint density at radius 3 is 1.80 bits per heavy atom. The van der Waals surface area contributed by atoms with E-state index in [9.17, 15) is 0 Å². The van der Waals surface area contributed by atoms with Crippen molar-refractivity contribution in [3.05, 3.63) is 169 Å². The molecule has 0 fully saturated rings. The minimum absolute atomic E-state index is 0.0117. The van der Waals surface area contributed by atoms with Crippen LogP contribution in [0.1, 0.15) is 25.0 Å². The first-order chi connectivity index (χ1) is 24.5. The highest BCUT2D eigenvalue weighted by molar-refractivity contribution is 6.18. The predicted octanol–water partition coefficient (Wildman–Crippen LogP) is 12.7. The van der Waals surface area contributed by atoms with Crippen molar-refractivity contribution in [3.63, 3.8) is 0 Å². The molecule has 10 aromatic rings. The molecular weight excluding hydrogens is 605 g/mol. The number of hydrogen-bond donors (Lipinski definition) is 0. The summed E-state index contributed by atoms with van der Waals surface area (Å²) in [5.74, 6) is 0. The minimum Gasteiger partial charge on any atom is -0.292 e. The lowest BCUT2D eigenvalue weighted by molar-refractivity contribution is 0.660. The highest BCUT2D eigenvalue weighted by atomic mass is 15.0. The molecule has 1 aliphatic carbocycles. The van der Waals surface area contributed by atoms with Crippen molar-refractivity contribution in [1.82, 2.24) is 9.38 Å². The largest absolute Gasteiger partial charge is 0.292 e. The number of pyridine rings is 1. The highest BCUT2D eigenvalue weighted by Gasteiger charge is 2.35. The van der Waals surface area contributed by atoms with Gasteiger partial charge in [0.25, 0.3) is 0 Å². The number of para-hydroxylation sites is 2. The molecule has 1 aliphatic rings. The molecule has 0 unspecified atom stereocenters. The Bertz CT molecular complexity index is 3070. The molecule has 0 aliphatic heterocycles. The summed E-state index contributed by atoms with van der Waals surface area (Å²) in [4.78, 5) is 5.18. The number of hydrogen-bond acceptors (Lipinski definition) is 1. The monoisotopic (exact) mass is 636 g/mol. The first-order valence-corrected chi connectivity index (χ1v) is 17.5. The third-order valence-electron chi connectivity index (χ3n) is 11.3. The third kappa shape index (κ3) is 3.82. The van der Waals surface area contributed by atoms with Gasteiger partial charge in [0.05, 0.1) is 16.6 Å².